The number of hydrogen-bond donors (Lipinski definition) is 0. The van der Waals surface area contributed by atoms with Crippen LogP contribution in [0.2, 0.25) is 0 Å². The Morgan fingerprint density at radius 1 is 1.41 bits per heavy atom. The normalized spacial score (nSPS) is 11.7. The molecule has 0 aromatic carbocycles. The Bertz CT molecular complexity index is 651. The summed E-state index contributed by atoms with van der Waals surface area (Å²) in [5.74, 6) is -1.45. The van der Waals surface area contributed by atoms with E-state index in [1.54, 1.807) is 24.1 Å². The summed E-state index contributed by atoms with van der Waals surface area (Å²) in [5.41, 5.74) is 0. The average molecular weight is 333 g/mol. The minimum Gasteiger partial charge on any atom is -0.341 e. The van der Waals surface area contributed by atoms with Gasteiger partial charge < -0.3 is 9.42 Å². The summed E-state index contributed by atoms with van der Waals surface area (Å²) in [4.78, 5) is 17.9. The number of carbonyl (C=O) groups is 1. The Morgan fingerprint density at radius 2 is 2.14 bits per heavy atom. The first-order valence-electron chi connectivity index (χ1n) is 6.55. The quantitative estimate of drug-likeness (QED) is 0.839. The van der Waals surface area contributed by atoms with E-state index in [1.165, 1.54) is 11.3 Å². The Balaban J connectivity index is 2.08. The zero-order chi connectivity index (χ0) is 16.3. The molecule has 0 fully saturated rings. The zero-order valence-corrected chi connectivity index (χ0v) is 12.8. The van der Waals surface area contributed by atoms with Crippen molar-refractivity contribution in [2.75, 3.05) is 7.05 Å². The van der Waals surface area contributed by atoms with Crippen molar-refractivity contribution < 1.29 is 22.5 Å². The van der Waals surface area contributed by atoms with Gasteiger partial charge in [0.15, 0.2) is 0 Å². The molecule has 120 valence electrons. The average Bonchev–Trinajstić information content (AvgIpc) is 3.06. The zero-order valence-electron chi connectivity index (χ0n) is 12.0. The van der Waals surface area contributed by atoms with E-state index in [9.17, 15) is 18.0 Å². The monoisotopic (exact) mass is 333 g/mol. The van der Waals surface area contributed by atoms with Gasteiger partial charge in [0.2, 0.25) is 11.7 Å². The SMILES string of the molecule is CCCC(=O)N(C)Cc1ccc(-c2noc(C(F)(F)F)n2)s1. The van der Waals surface area contributed by atoms with Gasteiger partial charge >= 0.3 is 12.1 Å². The van der Waals surface area contributed by atoms with Crippen molar-refractivity contribution in [1.29, 1.82) is 0 Å². The number of thiophene rings is 1. The molecule has 0 N–H and O–H groups in total. The molecule has 0 saturated heterocycles. The minimum absolute atomic E-state index is 0.0244. The molecule has 0 bridgehead atoms. The standard InChI is InChI=1S/C13H14F3N3O2S/c1-3-4-10(20)19(2)7-8-5-6-9(22-8)11-17-12(21-18-11)13(14,15)16/h5-6H,3-4,7H2,1-2H3. The fourth-order valence-electron chi connectivity index (χ4n) is 1.75. The molecule has 0 aliphatic carbocycles. The van der Waals surface area contributed by atoms with Crippen LogP contribution in [0.3, 0.4) is 0 Å². The van der Waals surface area contributed by atoms with E-state index in [1.807, 2.05) is 6.92 Å². The van der Waals surface area contributed by atoms with Gasteiger partial charge in [-0.15, -0.1) is 11.3 Å². The smallest absolute Gasteiger partial charge is 0.341 e. The fourth-order valence-corrected chi connectivity index (χ4v) is 2.74. The molecule has 9 heteroatoms. The van der Waals surface area contributed by atoms with Crippen molar-refractivity contribution in [1.82, 2.24) is 15.0 Å². The summed E-state index contributed by atoms with van der Waals surface area (Å²) in [6.07, 6.45) is -3.42. The summed E-state index contributed by atoms with van der Waals surface area (Å²) >= 11 is 1.23. The Hall–Kier alpha value is -1.90. The van der Waals surface area contributed by atoms with Crippen LogP contribution in [0.5, 0.6) is 0 Å². The van der Waals surface area contributed by atoms with Crippen LogP contribution in [-0.4, -0.2) is 28.0 Å². The topological polar surface area (TPSA) is 59.2 Å². The van der Waals surface area contributed by atoms with Crippen molar-refractivity contribution in [3.8, 4) is 10.7 Å². The van der Waals surface area contributed by atoms with Crippen LogP contribution in [-0.2, 0) is 17.5 Å². The Labute approximate surface area is 128 Å². The molecule has 0 saturated carbocycles. The van der Waals surface area contributed by atoms with Crippen molar-refractivity contribution in [3.63, 3.8) is 0 Å². The van der Waals surface area contributed by atoms with E-state index < -0.39 is 12.1 Å². The van der Waals surface area contributed by atoms with Crippen LogP contribution in [0.4, 0.5) is 13.2 Å². The van der Waals surface area contributed by atoms with Gasteiger partial charge in [-0.1, -0.05) is 12.1 Å². The predicted molar refractivity (Wildman–Crippen MR) is 74.0 cm³/mol. The molecule has 0 unspecified atom stereocenters. The summed E-state index contributed by atoms with van der Waals surface area (Å²) in [5, 5.41) is 3.33. The van der Waals surface area contributed by atoms with Gasteiger partial charge in [0.1, 0.15) is 0 Å². The molecule has 0 radical (unpaired) electrons. The van der Waals surface area contributed by atoms with Crippen molar-refractivity contribution in [3.05, 3.63) is 22.9 Å². The number of aromatic nitrogens is 2. The lowest BCUT2D eigenvalue weighted by Crippen LogP contribution is -2.25. The maximum atomic E-state index is 12.4. The van der Waals surface area contributed by atoms with Crippen LogP contribution in [0.25, 0.3) is 10.7 Å². The molecule has 0 aliphatic rings. The van der Waals surface area contributed by atoms with Gasteiger partial charge in [0.05, 0.1) is 11.4 Å². The van der Waals surface area contributed by atoms with Crippen molar-refractivity contribution in [2.45, 2.75) is 32.5 Å². The first kappa shape index (κ1) is 16.5. The van der Waals surface area contributed by atoms with E-state index in [2.05, 4.69) is 14.7 Å². The van der Waals surface area contributed by atoms with Crippen LogP contribution < -0.4 is 0 Å². The third kappa shape index (κ3) is 3.85. The summed E-state index contributed by atoms with van der Waals surface area (Å²) in [7, 11) is 1.69. The first-order valence-corrected chi connectivity index (χ1v) is 7.37. The van der Waals surface area contributed by atoms with Crippen molar-refractivity contribution in [2.24, 2.45) is 0 Å². The molecule has 2 rings (SSSR count). The molecule has 2 aromatic heterocycles. The molecule has 1 amide bonds. The number of rotatable bonds is 5. The third-order valence-corrected chi connectivity index (χ3v) is 3.90. The molecule has 0 atom stereocenters. The predicted octanol–water partition coefficient (Wildman–Crippen LogP) is 3.58. The summed E-state index contributed by atoms with van der Waals surface area (Å²) in [6, 6.07) is 3.35. The number of nitrogens with zero attached hydrogens (tertiary/aromatic N) is 3. The maximum Gasteiger partial charge on any atom is 0.471 e. The molecular weight excluding hydrogens is 319 g/mol. The molecule has 22 heavy (non-hydrogen) atoms. The van der Waals surface area contributed by atoms with Gasteiger partial charge in [-0.2, -0.15) is 18.2 Å². The number of alkyl halides is 3. The number of hydrogen-bond acceptors (Lipinski definition) is 5. The van der Waals surface area contributed by atoms with Gasteiger partial charge in [-0.3, -0.25) is 4.79 Å². The molecule has 5 nitrogen and oxygen atoms in total. The largest absolute Gasteiger partial charge is 0.471 e. The highest BCUT2D eigenvalue weighted by Crippen LogP contribution is 2.31. The highest BCUT2D eigenvalue weighted by molar-refractivity contribution is 7.15. The van der Waals surface area contributed by atoms with Gasteiger partial charge in [-0.05, 0) is 18.6 Å². The fraction of sp³-hybridized carbons (Fsp3) is 0.462. The van der Waals surface area contributed by atoms with Gasteiger partial charge in [-0.25, -0.2) is 0 Å². The lowest BCUT2D eigenvalue weighted by atomic mass is 10.3. The van der Waals surface area contributed by atoms with E-state index in [0.717, 1.165) is 11.3 Å². The van der Waals surface area contributed by atoms with Crippen molar-refractivity contribution >= 4 is 17.2 Å². The van der Waals surface area contributed by atoms with E-state index in [0.29, 0.717) is 17.8 Å². The first-order chi connectivity index (χ1) is 10.3. The summed E-state index contributed by atoms with van der Waals surface area (Å²) < 4.78 is 41.5. The molecular formula is C13H14F3N3O2S. The van der Waals surface area contributed by atoms with Crippen LogP contribution in [0.1, 0.15) is 30.5 Å². The lowest BCUT2D eigenvalue weighted by Gasteiger charge is -2.15. The third-order valence-electron chi connectivity index (χ3n) is 2.83. The molecule has 0 spiro atoms. The second-order valence-electron chi connectivity index (χ2n) is 4.69. The maximum absolute atomic E-state index is 12.4. The highest BCUT2D eigenvalue weighted by atomic mass is 32.1. The van der Waals surface area contributed by atoms with Gasteiger partial charge in [0.25, 0.3) is 0 Å². The van der Waals surface area contributed by atoms with E-state index in [-0.39, 0.29) is 11.7 Å². The Morgan fingerprint density at radius 3 is 2.73 bits per heavy atom. The van der Waals surface area contributed by atoms with E-state index >= 15 is 0 Å². The second-order valence-corrected chi connectivity index (χ2v) is 5.85. The second kappa shape index (κ2) is 6.47. The van der Waals surface area contributed by atoms with Crippen LogP contribution >= 0.6 is 11.3 Å². The molecule has 2 aromatic rings. The summed E-state index contributed by atoms with van der Waals surface area (Å²) in [6.45, 7) is 2.32. The molecule has 0 aliphatic heterocycles. The minimum atomic E-state index is -4.65. The number of carbonyl (C=O) groups excluding carboxylic acids is 1. The van der Waals surface area contributed by atoms with Gasteiger partial charge in [0, 0.05) is 18.3 Å². The van der Waals surface area contributed by atoms with Crippen LogP contribution in [0.15, 0.2) is 16.7 Å². The lowest BCUT2D eigenvalue weighted by molar-refractivity contribution is -0.159. The number of halogens is 3. The Kier molecular flexibility index (Phi) is 4.84. The van der Waals surface area contributed by atoms with E-state index in [4.69, 9.17) is 0 Å². The van der Waals surface area contributed by atoms with Crippen LogP contribution in [0, 0.1) is 0 Å². The number of amides is 1. The highest BCUT2D eigenvalue weighted by Gasteiger charge is 2.38. The molecule has 2 heterocycles.